The molecule has 1 saturated carbocycles. The maximum Gasteiger partial charge on any atom is 0.306 e. The van der Waals surface area contributed by atoms with E-state index in [1.807, 2.05) is 56.3 Å². The van der Waals surface area contributed by atoms with Gasteiger partial charge in [0.1, 0.15) is 0 Å². The largest absolute Gasteiger partial charge is 0.463 e. The molecule has 1 aliphatic carbocycles. The molecular formula is C26H37BrO5. The molecule has 1 fully saturated rings. The van der Waals surface area contributed by atoms with Crippen molar-refractivity contribution in [2.24, 2.45) is 11.8 Å². The second kappa shape index (κ2) is 13.9. The first-order chi connectivity index (χ1) is 15.3. The maximum absolute atomic E-state index is 11.5. The Balaban J connectivity index is 1.78. The summed E-state index contributed by atoms with van der Waals surface area (Å²) in [5, 5.41) is 31.1. The van der Waals surface area contributed by atoms with Crippen LogP contribution < -0.4 is 0 Å². The minimum Gasteiger partial charge on any atom is -0.463 e. The van der Waals surface area contributed by atoms with Crippen LogP contribution in [-0.2, 0) is 16.0 Å². The van der Waals surface area contributed by atoms with Crippen molar-refractivity contribution in [3.8, 4) is 0 Å². The summed E-state index contributed by atoms with van der Waals surface area (Å²) in [5.41, 5.74) is 1.16. The zero-order valence-corrected chi connectivity index (χ0v) is 20.7. The minimum atomic E-state index is -0.609. The molecule has 0 spiro atoms. The summed E-state index contributed by atoms with van der Waals surface area (Å²) < 4.78 is 6.14. The van der Waals surface area contributed by atoms with E-state index < -0.39 is 18.3 Å². The molecule has 32 heavy (non-hydrogen) atoms. The fourth-order valence-electron chi connectivity index (χ4n) is 4.12. The molecular weight excluding hydrogens is 472 g/mol. The number of halogens is 1. The number of carbonyl (C=O) groups excluding carboxylic acids is 1. The van der Waals surface area contributed by atoms with Gasteiger partial charge in [-0.05, 0) is 69.6 Å². The Hall–Kier alpha value is -1.47. The Kier molecular flexibility index (Phi) is 11.7. The van der Waals surface area contributed by atoms with Crippen molar-refractivity contribution in [3.05, 3.63) is 58.6 Å². The topological polar surface area (TPSA) is 87.0 Å². The highest BCUT2D eigenvalue weighted by Crippen LogP contribution is 2.36. The van der Waals surface area contributed by atoms with E-state index in [9.17, 15) is 20.1 Å². The van der Waals surface area contributed by atoms with Gasteiger partial charge in [-0.2, -0.15) is 0 Å². The van der Waals surface area contributed by atoms with Crippen molar-refractivity contribution < 1.29 is 24.9 Å². The maximum atomic E-state index is 11.5. The molecule has 1 aliphatic rings. The summed E-state index contributed by atoms with van der Waals surface area (Å²) in [6.07, 6.45) is 10.1. The molecule has 1 aromatic rings. The van der Waals surface area contributed by atoms with Gasteiger partial charge in [-0.3, -0.25) is 4.79 Å². The number of esters is 1. The van der Waals surface area contributed by atoms with Crippen molar-refractivity contribution in [2.45, 2.75) is 83.2 Å². The molecule has 1 aromatic carbocycles. The predicted molar refractivity (Wildman–Crippen MR) is 130 cm³/mol. The molecule has 0 heterocycles. The normalized spacial score (nSPS) is 24.6. The standard InChI is InChI=1S/C26H37BrO5/c1-18(2)32-26(31)11-6-4-3-5-10-22-23(25(30)17-24(22)29)15-14-21(28)13-12-19-8-7-9-20(27)16-19/h3,5,7-9,14-16,18,21-25,28-30H,4,6,10-13,17H2,1-2H3/b5-3-,15-14+/t21-,22+,23+,24-,25+/m0/s1. The number of carbonyl (C=O) groups is 1. The molecule has 5 atom stereocenters. The second-order valence-corrected chi connectivity index (χ2v) is 9.79. The van der Waals surface area contributed by atoms with Gasteiger partial charge in [0.2, 0.25) is 0 Å². The molecule has 0 amide bonds. The molecule has 0 saturated heterocycles. The number of allylic oxidation sites excluding steroid dienone is 2. The van der Waals surface area contributed by atoms with Gasteiger partial charge in [0.15, 0.2) is 0 Å². The van der Waals surface area contributed by atoms with Crippen LogP contribution in [0.25, 0.3) is 0 Å². The van der Waals surface area contributed by atoms with Crippen LogP contribution in [0, 0.1) is 11.8 Å². The van der Waals surface area contributed by atoms with Gasteiger partial charge in [0.25, 0.3) is 0 Å². The van der Waals surface area contributed by atoms with Crippen LogP contribution in [0.1, 0.15) is 57.9 Å². The number of hydrogen-bond acceptors (Lipinski definition) is 5. The molecule has 0 aromatic heterocycles. The molecule has 3 N–H and O–H groups in total. The highest BCUT2D eigenvalue weighted by atomic mass is 79.9. The molecule has 0 unspecified atom stereocenters. The summed E-state index contributed by atoms with van der Waals surface area (Å²) in [6.45, 7) is 3.68. The van der Waals surface area contributed by atoms with Crippen LogP contribution in [0.15, 0.2) is 53.0 Å². The Morgan fingerprint density at radius 1 is 1.25 bits per heavy atom. The Labute approximate surface area is 200 Å². The first-order valence-electron chi connectivity index (χ1n) is 11.6. The Morgan fingerprint density at radius 2 is 2.03 bits per heavy atom. The number of aliphatic hydroxyl groups is 3. The smallest absolute Gasteiger partial charge is 0.306 e. The number of ether oxygens (including phenoxy) is 1. The monoisotopic (exact) mass is 508 g/mol. The van der Waals surface area contributed by atoms with Crippen molar-refractivity contribution in [3.63, 3.8) is 0 Å². The highest BCUT2D eigenvalue weighted by molar-refractivity contribution is 9.10. The molecule has 2 rings (SSSR count). The van der Waals surface area contributed by atoms with E-state index in [4.69, 9.17) is 4.74 Å². The number of aliphatic hydroxyl groups excluding tert-OH is 3. The number of benzene rings is 1. The Morgan fingerprint density at radius 3 is 2.75 bits per heavy atom. The third kappa shape index (κ3) is 9.57. The van der Waals surface area contributed by atoms with Crippen LogP contribution in [0.3, 0.4) is 0 Å². The number of rotatable bonds is 12. The predicted octanol–water partition coefficient (Wildman–Crippen LogP) is 4.72. The van der Waals surface area contributed by atoms with Gasteiger partial charge in [-0.25, -0.2) is 0 Å². The van der Waals surface area contributed by atoms with Gasteiger partial charge < -0.3 is 20.1 Å². The number of unbranched alkanes of at least 4 members (excludes halogenated alkanes) is 1. The van der Waals surface area contributed by atoms with Crippen molar-refractivity contribution >= 4 is 21.9 Å². The number of aryl methyl sites for hydroxylation is 1. The first-order valence-corrected chi connectivity index (χ1v) is 12.4. The molecule has 0 radical (unpaired) electrons. The van der Waals surface area contributed by atoms with Crippen LogP contribution >= 0.6 is 15.9 Å². The molecule has 0 aliphatic heterocycles. The third-order valence-electron chi connectivity index (χ3n) is 5.78. The highest BCUT2D eigenvalue weighted by Gasteiger charge is 2.39. The van der Waals surface area contributed by atoms with Crippen LogP contribution in [0.5, 0.6) is 0 Å². The molecule has 178 valence electrons. The lowest BCUT2D eigenvalue weighted by Gasteiger charge is -2.19. The summed E-state index contributed by atoms with van der Waals surface area (Å²) in [5.74, 6) is -0.441. The van der Waals surface area contributed by atoms with E-state index in [2.05, 4.69) is 15.9 Å². The third-order valence-corrected chi connectivity index (χ3v) is 6.28. The van der Waals surface area contributed by atoms with Gasteiger partial charge in [0, 0.05) is 23.2 Å². The summed E-state index contributed by atoms with van der Waals surface area (Å²) in [6, 6.07) is 8.03. The van der Waals surface area contributed by atoms with Gasteiger partial charge in [-0.15, -0.1) is 0 Å². The van der Waals surface area contributed by atoms with E-state index in [-0.39, 0.29) is 23.9 Å². The number of hydrogen-bond donors (Lipinski definition) is 3. The van der Waals surface area contributed by atoms with E-state index >= 15 is 0 Å². The lowest BCUT2D eigenvalue weighted by atomic mass is 9.89. The zero-order chi connectivity index (χ0) is 23.5. The van der Waals surface area contributed by atoms with Crippen molar-refractivity contribution in [1.82, 2.24) is 0 Å². The van der Waals surface area contributed by atoms with Gasteiger partial charge in [0.05, 0.1) is 24.4 Å². The van der Waals surface area contributed by atoms with Crippen molar-refractivity contribution in [1.29, 1.82) is 0 Å². The average molecular weight is 509 g/mol. The molecule has 0 bridgehead atoms. The van der Waals surface area contributed by atoms with E-state index in [1.54, 1.807) is 6.08 Å². The van der Waals surface area contributed by atoms with E-state index in [0.29, 0.717) is 25.7 Å². The Bertz CT molecular complexity index is 760. The molecule has 5 nitrogen and oxygen atoms in total. The van der Waals surface area contributed by atoms with Crippen molar-refractivity contribution in [2.75, 3.05) is 0 Å². The van der Waals surface area contributed by atoms with E-state index in [1.165, 1.54) is 0 Å². The second-order valence-electron chi connectivity index (χ2n) is 8.87. The van der Waals surface area contributed by atoms with Gasteiger partial charge >= 0.3 is 5.97 Å². The lowest BCUT2D eigenvalue weighted by molar-refractivity contribution is -0.147. The molecule has 6 heteroatoms. The quantitative estimate of drug-likeness (QED) is 0.216. The fourth-order valence-corrected chi connectivity index (χ4v) is 4.57. The zero-order valence-electron chi connectivity index (χ0n) is 19.1. The van der Waals surface area contributed by atoms with Crippen LogP contribution in [0.2, 0.25) is 0 Å². The summed E-state index contributed by atoms with van der Waals surface area (Å²) in [7, 11) is 0. The van der Waals surface area contributed by atoms with Crippen LogP contribution in [-0.4, -0.2) is 45.7 Å². The van der Waals surface area contributed by atoms with E-state index in [0.717, 1.165) is 29.3 Å². The average Bonchev–Trinajstić information content (AvgIpc) is 2.99. The first kappa shape index (κ1) is 26.8. The summed E-state index contributed by atoms with van der Waals surface area (Å²) in [4.78, 5) is 11.5. The lowest BCUT2D eigenvalue weighted by Crippen LogP contribution is -2.20. The van der Waals surface area contributed by atoms with Crippen LogP contribution in [0.4, 0.5) is 0 Å². The summed E-state index contributed by atoms with van der Waals surface area (Å²) >= 11 is 3.46. The fraction of sp³-hybridized carbons (Fsp3) is 0.577. The SMILES string of the molecule is CC(C)OC(=O)CCC/C=C\C[C@@H]1[C@@H](/C=C/[C@@H](O)CCc2cccc(Br)c2)[C@H](O)C[C@@H]1O. The van der Waals surface area contributed by atoms with Gasteiger partial charge in [-0.1, -0.05) is 52.4 Å². The minimum absolute atomic E-state index is 0.0827.